The lowest BCUT2D eigenvalue weighted by Gasteiger charge is -2.29. The molecule has 0 unspecified atom stereocenters. The van der Waals surface area contributed by atoms with Crippen molar-refractivity contribution in [3.8, 4) is 5.75 Å². The second-order valence-electron chi connectivity index (χ2n) is 6.34. The summed E-state index contributed by atoms with van der Waals surface area (Å²) in [6.07, 6.45) is 2.74. The summed E-state index contributed by atoms with van der Waals surface area (Å²) in [5.74, 6) is -0.0427. The van der Waals surface area contributed by atoms with E-state index in [1.165, 1.54) is 18.3 Å². The van der Waals surface area contributed by atoms with Crippen LogP contribution in [0.25, 0.3) is 10.9 Å². The van der Waals surface area contributed by atoms with Crippen LogP contribution in [0.4, 0.5) is 19.3 Å². The number of amides is 2. The number of urea groups is 1. The molecule has 0 radical (unpaired) electrons. The van der Waals surface area contributed by atoms with Gasteiger partial charge < -0.3 is 25.4 Å². The summed E-state index contributed by atoms with van der Waals surface area (Å²) in [4.78, 5) is 18.4. The predicted molar refractivity (Wildman–Crippen MR) is 97.1 cm³/mol. The second-order valence-corrected chi connectivity index (χ2v) is 6.34. The molecule has 3 N–H and O–H groups in total. The third kappa shape index (κ3) is 5.24. The molecular weight excluding hydrogens is 358 g/mol. The van der Waals surface area contributed by atoms with Gasteiger partial charge in [-0.1, -0.05) is 0 Å². The maximum absolute atomic E-state index is 12.5. The van der Waals surface area contributed by atoms with Crippen LogP contribution in [-0.2, 0) is 0 Å². The highest BCUT2D eigenvalue weighted by molar-refractivity contribution is 6.02. The number of halogens is 2. The minimum Gasteiger partial charge on any atom is -0.432 e. The van der Waals surface area contributed by atoms with E-state index >= 15 is 0 Å². The number of fused-ring (bicyclic) bond motifs is 1. The maximum Gasteiger partial charge on any atom is 0.387 e. The van der Waals surface area contributed by atoms with E-state index < -0.39 is 6.61 Å². The summed E-state index contributed by atoms with van der Waals surface area (Å²) in [6.45, 7) is -0.166. The number of likely N-dealkylation sites (tertiary alicyclic amines) is 1. The Morgan fingerprint density at radius 3 is 2.85 bits per heavy atom. The van der Waals surface area contributed by atoms with Gasteiger partial charge in [-0.15, -0.1) is 0 Å². The minimum atomic E-state index is -2.95. The van der Waals surface area contributed by atoms with Gasteiger partial charge in [0.15, 0.2) is 5.75 Å². The highest BCUT2D eigenvalue weighted by atomic mass is 19.3. The van der Waals surface area contributed by atoms with Crippen molar-refractivity contribution in [2.24, 2.45) is 0 Å². The Hall–Kier alpha value is -2.52. The van der Waals surface area contributed by atoms with Gasteiger partial charge in [0, 0.05) is 37.8 Å². The smallest absolute Gasteiger partial charge is 0.387 e. The first-order chi connectivity index (χ1) is 13.0. The monoisotopic (exact) mass is 380 g/mol. The van der Waals surface area contributed by atoms with Crippen LogP contribution in [0.2, 0.25) is 0 Å². The SMILES string of the molecule is O=C(NCCN1CCC(O)CC1)Nc1ccc(OC(F)F)c2ncccc12. The van der Waals surface area contributed by atoms with Crippen LogP contribution >= 0.6 is 0 Å². The van der Waals surface area contributed by atoms with Crippen LogP contribution in [0.1, 0.15) is 12.8 Å². The van der Waals surface area contributed by atoms with E-state index in [2.05, 4.69) is 25.3 Å². The number of ether oxygens (including phenoxy) is 1. The molecule has 0 aliphatic carbocycles. The van der Waals surface area contributed by atoms with Crippen LogP contribution in [0.3, 0.4) is 0 Å². The molecule has 1 aromatic heterocycles. The Balaban J connectivity index is 1.58. The molecule has 1 aliphatic heterocycles. The summed E-state index contributed by atoms with van der Waals surface area (Å²) in [6, 6.07) is 5.81. The number of aliphatic hydroxyl groups is 1. The molecule has 1 aromatic carbocycles. The molecule has 3 rings (SSSR count). The van der Waals surface area contributed by atoms with Crippen molar-refractivity contribution < 1.29 is 23.4 Å². The van der Waals surface area contributed by atoms with E-state index in [-0.39, 0.29) is 23.4 Å². The van der Waals surface area contributed by atoms with Crippen molar-refractivity contribution in [2.45, 2.75) is 25.6 Å². The van der Waals surface area contributed by atoms with Crippen LogP contribution in [-0.4, -0.2) is 59.9 Å². The molecule has 2 amide bonds. The highest BCUT2D eigenvalue weighted by Crippen LogP contribution is 2.30. The number of carbonyl (C=O) groups excluding carboxylic acids is 1. The van der Waals surface area contributed by atoms with Gasteiger partial charge in [-0.3, -0.25) is 4.98 Å². The topological polar surface area (TPSA) is 86.7 Å². The van der Waals surface area contributed by atoms with Gasteiger partial charge in [-0.2, -0.15) is 8.78 Å². The molecule has 146 valence electrons. The largest absolute Gasteiger partial charge is 0.432 e. The number of nitrogens with zero attached hydrogens (tertiary/aromatic N) is 2. The van der Waals surface area contributed by atoms with Crippen molar-refractivity contribution in [1.29, 1.82) is 0 Å². The van der Waals surface area contributed by atoms with Gasteiger partial charge in [-0.25, -0.2) is 4.79 Å². The van der Waals surface area contributed by atoms with E-state index in [1.807, 2.05) is 0 Å². The number of hydrogen-bond acceptors (Lipinski definition) is 5. The Morgan fingerprint density at radius 2 is 2.11 bits per heavy atom. The Labute approximate surface area is 155 Å². The zero-order valence-corrected chi connectivity index (χ0v) is 14.7. The van der Waals surface area contributed by atoms with Gasteiger partial charge >= 0.3 is 12.6 Å². The van der Waals surface area contributed by atoms with Crippen molar-refractivity contribution in [3.05, 3.63) is 30.5 Å². The quantitative estimate of drug-likeness (QED) is 0.717. The summed E-state index contributed by atoms with van der Waals surface area (Å²) in [7, 11) is 0. The number of benzene rings is 1. The maximum atomic E-state index is 12.5. The van der Waals surface area contributed by atoms with E-state index in [9.17, 15) is 18.7 Å². The molecule has 0 atom stereocenters. The van der Waals surface area contributed by atoms with Crippen molar-refractivity contribution in [3.63, 3.8) is 0 Å². The summed E-state index contributed by atoms with van der Waals surface area (Å²) >= 11 is 0. The molecule has 1 aliphatic rings. The lowest BCUT2D eigenvalue weighted by Crippen LogP contribution is -2.41. The van der Waals surface area contributed by atoms with Crippen LogP contribution in [0, 0.1) is 0 Å². The van der Waals surface area contributed by atoms with Crippen LogP contribution in [0.15, 0.2) is 30.5 Å². The molecule has 7 nitrogen and oxygen atoms in total. The number of pyridine rings is 1. The molecule has 2 heterocycles. The second kappa shape index (κ2) is 8.92. The number of aliphatic hydroxyl groups excluding tert-OH is 1. The third-order valence-corrected chi connectivity index (χ3v) is 4.47. The van der Waals surface area contributed by atoms with Crippen molar-refractivity contribution in [1.82, 2.24) is 15.2 Å². The van der Waals surface area contributed by atoms with E-state index in [4.69, 9.17) is 0 Å². The first-order valence-electron chi connectivity index (χ1n) is 8.81. The summed E-state index contributed by atoms with van der Waals surface area (Å²) < 4.78 is 29.5. The van der Waals surface area contributed by atoms with E-state index in [1.54, 1.807) is 12.1 Å². The highest BCUT2D eigenvalue weighted by Gasteiger charge is 2.17. The zero-order chi connectivity index (χ0) is 19.2. The number of alkyl halides is 2. The number of piperidine rings is 1. The fourth-order valence-electron chi connectivity index (χ4n) is 3.08. The standard InChI is InChI=1S/C18H22F2N4O3/c19-17(20)27-15-4-3-14(13-2-1-7-21-16(13)15)23-18(26)22-8-11-24-9-5-12(25)6-10-24/h1-4,7,12,17,25H,5-6,8-11H2,(H2,22,23,26). The Bertz CT molecular complexity index is 782. The molecule has 9 heteroatoms. The number of hydrogen-bond donors (Lipinski definition) is 3. The van der Waals surface area contributed by atoms with Crippen molar-refractivity contribution in [2.75, 3.05) is 31.5 Å². The van der Waals surface area contributed by atoms with Gasteiger partial charge in [0.1, 0.15) is 5.52 Å². The lowest BCUT2D eigenvalue weighted by atomic mass is 10.1. The number of aromatic nitrogens is 1. The first kappa shape index (κ1) is 19.2. The molecule has 1 saturated heterocycles. The van der Waals surface area contributed by atoms with E-state index in [0.717, 1.165) is 25.9 Å². The van der Waals surface area contributed by atoms with Crippen LogP contribution < -0.4 is 15.4 Å². The van der Waals surface area contributed by atoms with Gasteiger partial charge in [-0.05, 0) is 37.1 Å². The minimum absolute atomic E-state index is 0.0427. The molecule has 0 bridgehead atoms. The molecule has 27 heavy (non-hydrogen) atoms. The number of rotatable bonds is 6. The normalized spacial score (nSPS) is 15.9. The molecular formula is C18H22F2N4O3. The van der Waals surface area contributed by atoms with Crippen molar-refractivity contribution >= 4 is 22.6 Å². The summed E-state index contributed by atoms with van der Waals surface area (Å²) in [5, 5.41) is 15.5. The fourth-order valence-corrected chi connectivity index (χ4v) is 3.08. The van der Waals surface area contributed by atoms with Gasteiger partial charge in [0.05, 0.1) is 11.8 Å². The number of carbonyl (C=O) groups is 1. The lowest BCUT2D eigenvalue weighted by molar-refractivity contribution is -0.0489. The predicted octanol–water partition coefficient (Wildman–Crippen LogP) is 2.41. The molecule has 0 spiro atoms. The average molecular weight is 380 g/mol. The number of nitrogens with one attached hydrogen (secondary N) is 2. The Kier molecular flexibility index (Phi) is 6.36. The molecule has 2 aromatic rings. The molecule has 0 saturated carbocycles. The fraction of sp³-hybridized carbons (Fsp3) is 0.444. The van der Waals surface area contributed by atoms with Crippen LogP contribution in [0.5, 0.6) is 5.75 Å². The third-order valence-electron chi connectivity index (χ3n) is 4.47. The average Bonchev–Trinajstić information content (AvgIpc) is 2.65. The van der Waals surface area contributed by atoms with Gasteiger partial charge in [0.2, 0.25) is 0 Å². The van der Waals surface area contributed by atoms with Gasteiger partial charge in [0.25, 0.3) is 0 Å². The Morgan fingerprint density at radius 1 is 1.33 bits per heavy atom. The van der Waals surface area contributed by atoms with E-state index in [0.29, 0.717) is 24.2 Å². The molecule has 1 fully saturated rings. The summed E-state index contributed by atoms with van der Waals surface area (Å²) in [5.41, 5.74) is 0.709. The first-order valence-corrected chi connectivity index (χ1v) is 8.81. The number of anilines is 1. The zero-order valence-electron chi connectivity index (χ0n) is 14.7.